The van der Waals surface area contributed by atoms with Crippen LogP contribution in [0.3, 0.4) is 0 Å². The van der Waals surface area contributed by atoms with Gasteiger partial charge in [0.1, 0.15) is 5.76 Å². The Morgan fingerprint density at radius 2 is 1.89 bits per heavy atom. The molecule has 0 aliphatic carbocycles. The molecule has 35 heavy (non-hydrogen) atoms. The van der Waals surface area contributed by atoms with Gasteiger partial charge in [-0.15, -0.1) is 0 Å². The van der Waals surface area contributed by atoms with Crippen LogP contribution in [0.25, 0.3) is 5.76 Å². The molecule has 0 radical (unpaired) electrons. The number of aromatic nitrogens is 1. The van der Waals surface area contributed by atoms with Gasteiger partial charge >= 0.3 is 0 Å². The molecule has 1 fully saturated rings. The quantitative estimate of drug-likeness (QED) is 0.265. The van der Waals surface area contributed by atoms with E-state index in [1.165, 1.54) is 12.0 Å². The Hall–Kier alpha value is -3.84. The van der Waals surface area contributed by atoms with Crippen molar-refractivity contribution in [1.82, 2.24) is 9.88 Å². The van der Waals surface area contributed by atoms with Gasteiger partial charge in [0.2, 0.25) is 0 Å². The zero-order valence-corrected chi connectivity index (χ0v) is 20.2. The number of methoxy groups -OCH3 is 1. The third kappa shape index (κ3) is 5.00. The highest BCUT2D eigenvalue weighted by molar-refractivity contribution is 6.46. The Kier molecular flexibility index (Phi) is 7.36. The highest BCUT2D eigenvalue weighted by Gasteiger charge is 2.46. The molecule has 8 heteroatoms. The van der Waals surface area contributed by atoms with E-state index in [1.807, 2.05) is 13.0 Å². The van der Waals surface area contributed by atoms with Crippen molar-refractivity contribution in [3.8, 4) is 11.5 Å². The number of amides is 1. The number of Topliss-reactive ketones (excluding diaryl/α,β-unsaturated/α-hetero) is 1. The number of ketones is 1. The Morgan fingerprint density at radius 3 is 2.54 bits per heavy atom. The lowest BCUT2D eigenvalue weighted by molar-refractivity contribution is -0.140. The molecular weight excluding hydrogens is 468 g/mol. The summed E-state index contributed by atoms with van der Waals surface area (Å²) in [7, 11) is 1.53. The van der Waals surface area contributed by atoms with Crippen molar-refractivity contribution < 1.29 is 24.2 Å². The lowest BCUT2D eigenvalue weighted by atomic mass is 9.95. The maximum absolute atomic E-state index is 13.2. The second-order valence-corrected chi connectivity index (χ2v) is 8.49. The highest BCUT2D eigenvalue weighted by Crippen LogP contribution is 2.42. The van der Waals surface area contributed by atoms with Crippen LogP contribution in [0.5, 0.6) is 11.5 Å². The molecule has 1 amide bonds. The first-order valence-electron chi connectivity index (χ1n) is 11.2. The van der Waals surface area contributed by atoms with Crippen molar-refractivity contribution in [2.75, 3.05) is 13.7 Å². The summed E-state index contributed by atoms with van der Waals surface area (Å²) < 4.78 is 11.3. The monoisotopic (exact) mass is 492 g/mol. The molecule has 2 aromatic carbocycles. The lowest BCUT2D eigenvalue weighted by Crippen LogP contribution is -2.29. The number of aliphatic hydroxyl groups excluding tert-OH is 1. The summed E-state index contributed by atoms with van der Waals surface area (Å²) in [4.78, 5) is 32.0. The van der Waals surface area contributed by atoms with Gasteiger partial charge in [-0.3, -0.25) is 14.6 Å². The lowest BCUT2D eigenvalue weighted by Gasteiger charge is -2.26. The average Bonchev–Trinajstić information content (AvgIpc) is 3.13. The number of nitrogens with zero attached hydrogens (tertiary/aromatic N) is 2. The van der Waals surface area contributed by atoms with Crippen LogP contribution in [0.1, 0.15) is 36.1 Å². The van der Waals surface area contributed by atoms with Gasteiger partial charge in [-0.25, -0.2) is 0 Å². The van der Waals surface area contributed by atoms with E-state index >= 15 is 0 Å². The van der Waals surface area contributed by atoms with E-state index in [-0.39, 0.29) is 17.9 Å². The number of carbonyl (C=O) groups is 2. The molecule has 1 saturated heterocycles. The average molecular weight is 493 g/mol. The molecule has 7 nitrogen and oxygen atoms in total. The Labute approximate surface area is 208 Å². The van der Waals surface area contributed by atoms with E-state index in [9.17, 15) is 14.7 Å². The standard InChI is InChI=1S/C27H25ClN2O5/c1-3-13-35-21-11-8-19(14-22(21)34-2)24-23(25(31)18-6-9-20(28)10-7-18)26(32)27(33)30(24)16-17-5-4-12-29-15-17/h4-12,14-15,24,31H,3,13,16H2,1-2H3/b25-23-. The largest absolute Gasteiger partial charge is 0.507 e. The molecule has 0 saturated carbocycles. The first kappa shape index (κ1) is 24.3. The van der Waals surface area contributed by atoms with Crippen molar-refractivity contribution in [2.45, 2.75) is 25.9 Å². The second kappa shape index (κ2) is 10.6. The molecule has 1 aromatic heterocycles. The van der Waals surface area contributed by atoms with E-state index in [1.54, 1.807) is 60.9 Å². The number of aliphatic hydroxyl groups is 1. The normalized spacial score (nSPS) is 17.0. The fourth-order valence-corrected chi connectivity index (χ4v) is 4.15. The Balaban J connectivity index is 1.85. The molecule has 1 unspecified atom stereocenters. The van der Waals surface area contributed by atoms with Crippen molar-refractivity contribution in [3.05, 3.63) is 94.3 Å². The Bertz CT molecular complexity index is 1260. The van der Waals surface area contributed by atoms with Gasteiger partial charge in [-0.05, 0) is 60.0 Å². The highest BCUT2D eigenvalue weighted by atomic mass is 35.5. The predicted molar refractivity (Wildman–Crippen MR) is 132 cm³/mol. The zero-order chi connectivity index (χ0) is 24.9. The number of hydrogen-bond donors (Lipinski definition) is 1. The molecule has 0 bridgehead atoms. The number of carbonyl (C=O) groups excluding carboxylic acids is 2. The fourth-order valence-electron chi connectivity index (χ4n) is 4.03. The van der Waals surface area contributed by atoms with Crippen LogP contribution in [0.2, 0.25) is 5.02 Å². The van der Waals surface area contributed by atoms with Crippen LogP contribution < -0.4 is 9.47 Å². The van der Waals surface area contributed by atoms with Crippen LogP contribution >= 0.6 is 11.6 Å². The van der Waals surface area contributed by atoms with Crippen molar-refractivity contribution >= 4 is 29.1 Å². The summed E-state index contributed by atoms with van der Waals surface area (Å²) in [5, 5.41) is 11.7. The molecule has 180 valence electrons. The van der Waals surface area contributed by atoms with Crippen molar-refractivity contribution in [3.63, 3.8) is 0 Å². The van der Waals surface area contributed by atoms with Gasteiger partial charge in [0.05, 0.1) is 25.3 Å². The van der Waals surface area contributed by atoms with E-state index in [0.29, 0.717) is 34.3 Å². The number of halogens is 1. The van der Waals surface area contributed by atoms with Crippen LogP contribution in [0.4, 0.5) is 0 Å². The summed E-state index contributed by atoms with van der Waals surface area (Å²) in [6.45, 7) is 2.66. The molecule has 2 heterocycles. The van der Waals surface area contributed by atoms with Crippen molar-refractivity contribution in [2.24, 2.45) is 0 Å². The summed E-state index contributed by atoms with van der Waals surface area (Å²) in [6.07, 6.45) is 4.10. The van der Waals surface area contributed by atoms with E-state index in [4.69, 9.17) is 21.1 Å². The Morgan fingerprint density at radius 1 is 1.11 bits per heavy atom. The minimum absolute atomic E-state index is 0.00880. The number of ether oxygens (including phenoxy) is 2. The van der Waals surface area contributed by atoms with Crippen LogP contribution in [-0.4, -0.2) is 40.4 Å². The molecule has 0 spiro atoms. The van der Waals surface area contributed by atoms with Gasteiger partial charge in [0, 0.05) is 29.5 Å². The third-order valence-corrected chi connectivity index (χ3v) is 5.95. The third-order valence-electron chi connectivity index (χ3n) is 5.70. The first-order valence-corrected chi connectivity index (χ1v) is 11.6. The molecule has 1 atom stereocenters. The van der Waals surface area contributed by atoms with E-state index in [2.05, 4.69) is 4.98 Å². The molecule has 3 aromatic rings. The van der Waals surface area contributed by atoms with E-state index < -0.39 is 17.7 Å². The van der Waals surface area contributed by atoms with Crippen LogP contribution in [0.15, 0.2) is 72.6 Å². The number of pyridine rings is 1. The number of likely N-dealkylation sites (tertiary alicyclic amines) is 1. The maximum Gasteiger partial charge on any atom is 0.295 e. The summed E-state index contributed by atoms with van der Waals surface area (Å²) >= 11 is 5.99. The van der Waals surface area contributed by atoms with Gasteiger partial charge in [-0.2, -0.15) is 0 Å². The minimum Gasteiger partial charge on any atom is -0.507 e. The van der Waals surface area contributed by atoms with Crippen LogP contribution in [-0.2, 0) is 16.1 Å². The van der Waals surface area contributed by atoms with Gasteiger partial charge in [0.15, 0.2) is 11.5 Å². The molecule has 4 rings (SSSR count). The first-order chi connectivity index (χ1) is 16.9. The zero-order valence-electron chi connectivity index (χ0n) is 19.4. The maximum atomic E-state index is 13.2. The summed E-state index contributed by atoms with van der Waals surface area (Å²) in [5.41, 5.74) is 1.73. The van der Waals surface area contributed by atoms with Crippen LogP contribution in [0, 0.1) is 0 Å². The van der Waals surface area contributed by atoms with Gasteiger partial charge in [-0.1, -0.05) is 30.7 Å². The van der Waals surface area contributed by atoms with Gasteiger partial charge in [0.25, 0.3) is 11.7 Å². The molecule has 1 N–H and O–H groups in total. The topological polar surface area (TPSA) is 89.0 Å². The van der Waals surface area contributed by atoms with Crippen molar-refractivity contribution in [1.29, 1.82) is 0 Å². The summed E-state index contributed by atoms with van der Waals surface area (Å²) in [6, 6.07) is 14.4. The SMILES string of the molecule is CCCOc1ccc(C2/C(=C(/O)c3ccc(Cl)cc3)C(=O)C(=O)N2Cc2cccnc2)cc1OC. The van der Waals surface area contributed by atoms with E-state index in [0.717, 1.165) is 12.0 Å². The smallest absolute Gasteiger partial charge is 0.295 e. The number of hydrogen-bond acceptors (Lipinski definition) is 6. The molecule has 1 aliphatic rings. The molecule has 1 aliphatic heterocycles. The second-order valence-electron chi connectivity index (χ2n) is 8.05. The number of rotatable bonds is 8. The fraction of sp³-hybridized carbons (Fsp3) is 0.222. The molecular formula is C27H25ClN2O5. The minimum atomic E-state index is -0.847. The van der Waals surface area contributed by atoms with Gasteiger partial charge < -0.3 is 19.5 Å². The number of benzene rings is 2. The summed E-state index contributed by atoms with van der Waals surface area (Å²) in [5.74, 6) is -0.727. The predicted octanol–water partition coefficient (Wildman–Crippen LogP) is 5.15.